The molecule has 3 aromatic carbocycles. The van der Waals surface area contributed by atoms with E-state index in [1.54, 1.807) is 42.5 Å². The number of rotatable bonds is 10. The lowest BCUT2D eigenvalue weighted by Crippen LogP contribution is -2.41. The van der Waals surface area contributed by atoms with Gasteiger partial charge in [0.25, 0.3) is 10.0 Å². The van der Waals surface area contributed by atoms with Crippen molar-refractivity contribution in [2.75, 3.05) is 31.1 Å². The zero-order valence-electron chi connectivity index (χ0n) is 18.0. The Bertz CT molecular complexity index is 1120. The first kappa shape index (κ1) is 23.1. The van der Waals surface area contributed by atoms with E-state index in [-0.39, 0.29) is 24.6 Å². The number of ether oxygens (including phenoxy) is 2. The molecule has 8 heteroatoms. The fourth-order valence-electron chi connectivity index (χ4n) is 2.96. The fourth-order valence-corrected chi connectivity index (χ4v) is 4.41. The molecule has 0 saturated carbocycles. The molecule has 7 nitrogen and oxygen atoms in total. The molecule has 0 aromatic heterocycles. The van der Waals surface area contributed by atoms with Crippen LogP contribution < -0.4 is 19.1 Å². The lowest BCUT2D eigenvalue weighted by atomic mass is 10.2. The molecule has 32 heavy (non-hydrogen) atoms. The Kier molecular flexibility index (Phi) is 7.72. The Morgan fingerprint density at radius 1 is 0.906 bits per heavy atom. The zero-order valence-corrected chi connectivity index (χ0v) is 18.8. The Balaban J connectivity index is 1.69. The van der Waals surface area contributed by atoms with Gasteiger partial charge in [0.05, 0.1) is 24.2 Å². The summed E-state index contributed by atoms with van der Waals surface area (Å²) in [5.74, 6) is 0.854. The molecule has 0 saturated heterocycles. The largest absolute Gasteiger partial charge is 0.497 e. The van der Waals surface area contributed by atoms with Gasteiger partial charge in [-0.05, 0) is 55.5 Å². The number of hydrogen-bond donors (Lipinski definition) is 1. The fraction of sp³-hybridized carbons (Fsp3) is 0.208. The molecule has 0 fully saturated rings. The summed E-state index contributed by atoms with van der Waals surface area (Å²) in [6, 6.07) is 22.1. The molecule has 168 valence electrons. The second kappa shape index (κ2) is 10.7. The third-order valence-electron chi connectivity index (χ3n) is 4.69. The summed E-state index contributed by atoms with van der Waals surface area (Å²) in [5, 5.41) is 2.72. The topological polar surface area (TPSA) is 84.9 Å². The minimum Gasteiger partial charge on any atom is -0.497 e. The van der Waals surface area contributed by atoms with Crippen molar-refractivity contribution in [2.24, 2.45) is 0 Å². The molecule has 0 spiro atoms. The number of aryl methyl sites for hydroxylation is 1. The Morgan fingerprint density at radius 3 is 2.16 bits per heavy atom. The predicted molar refractivity (Wildman–Crippen MR) is 124 cm³/mol. The van der Waals surface area contributed by atoms with E-state index in [1.807, 2.05) is 31.2 Å². The summed E-state index contributed by atoms with van der Waals surface area (Å²) in [6.45, 7) is 2.13. The number of nitrogens with one attached hydrogen (secondary N) is 1. The second-order valence-electron chi connectivity index (χ2n) is 7.03. The van der Waals surface area contributed by atoms with Gasteiger partial charge in [0.2, 0.25) is 5.91 Å². The van der Waals surface area contributed by atoms with Crippen LogP contribution in [0.5, 0.6) is 11.5 Å². The summed E-state index contributed by atoms with van der Waals surface area (Å²) in [7, 11) is -2.42. The maximum absolute atomic E-state index is 13.3. The van der Waals surface area contributed by atoms with Crippen LogP contribution in [-0.4, -0.2) is 41.1 Å². The van der Waals surface area contributed by atoms with E-state index in [9.17, 15) is 13.2 Å². The molecule has 0 unspecified atom stereocenters. The lowest BCUT2D eigenvalue weighted by Gasteiger charge is -2.24. The van der Waals surface area contributed by atoms with Crippen molar-refractivity contribution < 1.29 is 22.7 Å². The average molecular weight is 455 g/mol. The molecule has 3 rings (SSSR count). The zero-order chi connectivity index (χ0) is 23.0. The Morgan fingerprint density at radius 2 is 1.53 bits per heavy atom. The molecule has 3 aromatic rings. The number of anilines is 1. The molecule has 0 heterocycles. The van der Waals surface area contributed by atoms with Crippen LogP contribution in [0.3, 0.4) is 0 Å². The molecule has 0 aliphatic heterocycles. The summed E-state index contributed by atoms with van der Waals surface area (Å²) < 4.78 is 38.3. The van der Waals surface area contributed by atoms with E-state index < -0.39 is 15.9 Å². The maximum atomic E-state index is 13.3. The van der Waals surface area contributed by atoms with Crippen LogP contribution in [0, 0.1) is 6.92 Å². The molecule has 0 atom stereocenters. The number of methoxy groups -OCH3 is 1. The monoisotopic (exact) mass is 454 g/mol. The van der Waals surface area contributed by atoms with E-state index in [4.69, 9.17) is 9.47 Å². The summed E-state index contributed by atoms with van der Waals surface area (Å²) in [4.78, 5) is 12.7. The normalized spacial score (nSPS) is 10.9. The van der Waals surface area contributed by atoms with Gasteiger partial charge in [0.1, 0.15) is 24.7 Å². The number of hydrogen-bond acceptors (Lipinski definition) is 5. The highest BCUT2D eigenvalue weighted by Gasteiger charge is 2.27. The highest BCUT2D eigenvalue weighted by Crippen LogP contribution is 2.25. The SMILES string of the molecule is COc1ccc(N(CC(=O)NCCOc2ccc(C)cc2)S(=O)(=O)c2ccccc2)cc1. The van der Waals surface area contributed by atoms with E-state index in [0.29, 0.717) is 17.2 Å². The quantitative estimate of drug-likeness (QED) is 0.475. The van der Waals surface area contributed by atoms with Gasteiger partial charge in [-0.15, -0.1) is 0 Å². The van der Waals surface area contributed by atoms with Gasteiger partial charge in [-0.3, -0.25) is 9.10 Å². The third kappa shape index (κ3) is 6.01. The minimum absolute atomic E-state index is 0.103. The van der Waals surface area contributed by atoms with Gasteiger partial charge in [-0.1, -0.05) is 35.9 Å². The molecular weight excluding hydrogens is 428 g/mol. The minimum atomic E-state index is -3.95. The second-order valence-corrected chi connectivity index (χ2v) is 8.90. The van der Waals surface area contributed by atoms with Crippen LogP contribution in [0.2, 0.25) is 0 Å². The third-order valence-corrected chi connectivity index (χ3v) is 6.48. The summed E-state index contributed by atoms with van der Waals surface area (Å²) in [5.41, 5.74) is 1.49. The van der Waals surface area contributed by atoms with Crippen LogP contribution in [0.4, 0.5) is 5.69 Å². The Hall–Kier alpha value is -3.52. The predicted octanol–water partition coefficient (Wildman–Crippen LogP) is 3.39. The molecule has 1 N–H and O–H groups in total. The number of sulfonamides is 1. The number of carbonyl (C=O) groups excluding carboxylic acids is 1. The van der Waals surface area contributed by atoms with Crippen LogP contribution in [0.15, 0.2) is 83.8 Å². The molecule has 0 aliphatic carbocycles. The number of carbonyl (C=O) groups is 1. The van der Waals surface area contributed by atoms with Gasteiger partial charge in [-0.25, -0.2) is 8.42 Å². The van der Waals surface area contributed by atoms with E-state index in [2.05, 4.69) is 5.32 Å². The van der Waals surface area contributed by atoms with Crippen LogP contribution in [0.25, 0.3) is 0 Å². The smallest absolute Gasteiger partial charge is 0.264 e. The van der Waals surface area contributed by atoms with Crippen molar-refractivity contribution >= 4 is 21.6 Å². The van der Waals surface area contributed by atoms with Crippen molar-refractivity contribution in [3.05, 3.63) is 84.4 Å². The van der Waals surface area contributed by atoms with Crippen molar-refractivity contribution in [3.63, 3.8) is 0 Å². The highest BCUT2D eigenvalue weighted by molar-refractivity contribution is 7.92. The molecular formula is C24H26N2O5S. The summed E-state index contributed by atoms with van der Waals surface area (Å²) in [6.07, 6.45) is 0. The van der Waals surface area contributed by atoms with Crippen molar-refractivity contribution in [1.29, 1.82) is 0 Å². The summed E-state index contributed by atoms with van der Waals surface area (Å²) >= 11 is 0. The number of amides is 1. The van der Waals surface area contributed by atoms with Crippen molar-refractivity contribution in [2.45, 2.75) is 11.8 Å². The highest BCUT2D eigenvalue weighted by atomic mass is 32.2. The first-order chi connectivity index (χ1) is 15.4. The number of nitrogens with zero attached hydrogens (tertiary/aromatic N) is 1. The van der Waals surface area contributed by atoms with Gasteiger partial charge in [0.15, 0.2) is 0 Å². The van der Waals surface area contributed by atoms with Crippen LogP contribution in [0.1, 0.15) is 5.56 Å². The van der Waals surface area contributed by atoms with Gasteiger partial charge < -0.3 is 14.8 Å². The van der Waals surface area contributed by atoms with Crippen molar-refractivity contribution in [3.8, 4) is 11.5 Å². The molecule has 1 amide bonds. The van der Waals surface area contributed by atoms with E-state index in [0.717, 1.165) is 9.87 Å². The standard InChI is InChI=1S/C24H26N2O5S/c1-19-8-12-22(13-9-19)31-17-16-25-24(27)18-26(20-10-14-21(30-2)15-11-20)32(28,29)23-6-4-3-5-7-23/h3-15H,16-18H2,1-2H3,(H,25,27). The van der Waals surface area contributed by atoms with Gasteiger partial charge in [0, 0.05) is 0 Å². The Labute approximate surface area is 188 Å². The van der Waals surface area contributed by atoms with Crippen molar-refractivity contribution in [1.82, 2.24) is 5.32 Å². The number of benzene rings is 3. The molecule has 0 aliphatic rings. The molecule has 0 radical (unpaired) electrons. The first-order valence-electron chi connectivity index (χ1n) is 10.1. The van der Waals surface area contributed by atoms with E-state index >= 15 is 0 Å². The molecule has 0 bridgehead atoms. The van der Waals surface area contributed by atoms with Gasteiger partial charge >= 0.3 is 0 Å². The maximum Gasteiger partial charge on any atom is 0.264 e. The van der Waals surface area contributed by atoms with E-state index in [1.165, 1.54) is 19.2 Å². The van der Waals surface area contributed by atoms with Gasteiger partial charge in [-0.2, -0.15) is 0 Å². The van der Waals surface area contributed by atoms with Crippen LogP contribution in [-0.2, 0) is 14.8 Å². The first-order valence-corrected chi connectivity index (χ1v) is 11.5. The lowest BCUT2D eigenvalue weighted by molar-refractivity contribution is -0.119. The average Bonchev–Trinajstić information content (AvgIpc) is 2.82. The van der Waals surface area contributed by atoms with Crippen LogP contribution >= 0.6 is 0 Å².